The van der Waals surface area contributed by atoms with Gasteiger partial charge < -0.3 is 5.09 Å². The van der Waals surface area contributed by atoms with Crippen LogP contribution in [0.5, 0.6) is 0 Å². The fraction of sp³-hybridized carbons (Fsp3) is 0.222. The number of hydrogen-bond acceptors (Lipinski definition) is 4. The quantitative estimate of drug-likeness (QED) is 0.614. The summed E-state index contributed by atoms with van der Waals surface area (Å²) in [4.78, 5) is 10.4. The summed E-state index contributed by atoms with van der Waals surface area (Å²) in [7, 11) is -3.09. The molecule has 0 bridgehead atoms. The second kappa shape index (κ2) is 7.02. The number of fused-ring (bicyclic) bond motifs is 1. The van der Waals surface area contributed by atoms with Gasteiger partial charge in [-0.25, -0.2) is 9.97 Å². The lowest BCUT2D eigenvalue weighted by molar-refractivity contribution is 0.589. The molecule has 0 saturated carbocycles. The van der Waals surface area contributed by atoms with Gasteiger partial charge in [0.2, 0.25) is 0 Å². The lowest BCUT2D eigenvalue weighted by Gasteiger charge is -2.18. The van der Waals surface area contributed by atoms with Crippen molar-refractivity contribution in [3.63, 3.8) is 0 Å². The van der Waals surface area contributed by atoms with Gasteiger partial charge in [0.1, 0.15) is 5.82 Å². The van der Waals surface area contributed by atoms with E-state index in [0.29, 0.717) is 10.6 Å². The number of rotatable bonds is 4. The number of pyridine rings is 1. The highest BCUT2D eigenvalue weighted by Gasteiger charge is 2.33. The fourth-order valence-electron chi connectivity index (χ4n) is 2.94. The standard InChI is InChI=1S/C18H17BrN3OPS/c19-13-10-11-17(20-12-13)22-24(23,14-6-2-1-3-7-14)18-21-15-8-4-5-9-16(15)25-18/h1-3,6-7,10-12H,4-5,8-9H2,(H,20,22,23)/t24-/m1/s1. The van der Waals surface area contributed by atoms with Gasteiger partial charge in [-0.15, -0.1) is 11.3 Å². The van der Waals surface area contributed by atoms with Crippen LogP contribution in [0.3, 0.4) is 0 Å². The van der Waals surface area contributed by atoms with E-state index in [4.69, 9.17) is 4.98 Å². The molecule has 128 valence electrons. The highest BCUT2D eigenvalue weighted by atomic mass is 79.9. The third kappa shape index (κ3) is 3.43. The van der Waals surface area contributed by atoms with Crippen LogP contribution < -0.4 is 15.1 Å². The Bertz CT molecular complexity index is 904. The first-order valence-corrected chi connectivity index (χ1v) is 11.5. The molecule has 1 aliphatic carbocycles. The molecule has 0 fully saturated rings. The second-order valence-corrected chi connectivity index (χ2v) is 10.7. The minimum absolute atomic E-state index is 0.587. The Morgan fingerprint density at radius 1 is 1.08 bits per heavy atom. The number of nitrogens with zero attached hydrogens (tertiary/aromatic N) is 2. The van der Waals surface area contributed by atoms with Crippen molar-refractivity contribution in [2.24, 2.45) is 0 Å². The van der Waals surface area contributed by atoms with Crippen LogP contribution in [0.1, 0.15) is 23.4 Å². The number of hydrogen-bond donors (Lipinski definition) is 1. The van der Waals surface area contributed by atoms with Crippen LogP contribution in [0.2, 0.25) is 0 Å². The molecule has 1 aromatic carbocycles. The van der Waals surface area contributed by atoms with E-state index in [1.165, 1.54) is 11.3 Å². The number of thiazole rings is 1. The Labute approximate surface area is 159 Å². The lowest BCUT2D eigenvalue weighted by Crippen LogP contribution is -2.22. The number of benzene rings is 1. The first kappa shape index (κ1) is 17.0. The maximum absolute atomic E-state index is 14.1. The molecule has 2 heterocycles. The van der Waals surface area contributed by atoms with Gasteiger partial charge in [0.05, 0.1) is 5.69 Å². The van der Waals surface area contributed by atoms with Crippen molar-refractivity contribution in [3.05, 3.63) is 63.7 Å². The molecule has 0 radical (unpaired) electrons. The molecule has 4 rings (SSSR count). The van der Waals surface area contributed by atoms with Crippen molar-refractivity contribution in [2.45, 2.75) is 25.7 Å². The van der Waals surface area contributed by atoms with Crippen molar-refractivity contribution in [3.8, 4) is 0 Å². The van der Waals surface area contributed by atoms with Crippen LogP contribution >= 0.6 is 34.6 Å². The van der Waals surface area contributed by atoms with Gasteiger partial charge in [0.25, 0.3) is 7.29 Å². The molecular weight excluding hydrogens is 417 g/mol. The Balaban J connectivity index is 1.80. The molecule has 2 aromatic heterocycles. The van der Waals surface area contributed by atoms with Crippen molar-refractivity contribution in [1.82, 2.24) is 9.97 Å². The van der Waals surface area contributed by atoms with Gasteiger partial charge in [0.15, 0.2) is 4.75 Å². The fourth-order valence-corrected chi connectivity index (χ4v) is 7.11. The molecule has 0 saturated heterocycles. The van der Waals surface area contributed by atoms with Crippen molar-refractivity contribution >= 4 is 50.4 Å². The van der Waals surface area contributed by atoms with E-state index in [0.717, 1.165) is 34.7 Å². The van der Waals surface area contributed by atoms with Crippen molar-refractivity contribution < 1.29 is 4.57 Å². The Morgan fingerprint density at radius 2 is 1.88 bits per heavy atom. The Kier molecular flexibility index (Phi) is 4.76. The summed E-state index contributed by atoms with van der Waals surface area (Å²) < 4.78 is 15.6. The molecular formula is C18H17BrN3OPS. The average molecular weight is 434 g/mol. The largest absolute Gasteiger partial charge is 0.312 e. The van der Waals surface area contributed by atoms with Gasteiger partial charge in [-0.05, 0) is 65.9 Å². The van der Waals surface area contributed by atoms with E-state index in [1.807, 2.05) is 42.5 Å². The number of nitrogens with one attached hydrogen (secondary N) is 1. The molecule has 0 spiro atoms. The summed E-state index contributed by atoms with van der Waals surface area (Å²) in [6.45, 7) is 0. The molecule has 1 aliphatic rings. The zero-order valence-electron chi connectivity index (χ0n) is 13.5. The number of aromatic nitrogens is 2. The molecule has 3 aromatic rings. The molecule has 4 nitrogen and oxygen atoms in total. The van der Waals surface area contributed by atoms with E-state index in [-0.39, 0.29) is 0 Å². The molecule has 1 N–H and O–H groups in total. The van der Waals surface area contributed by atoms with Crippen molar-refractivity contribution in [2.75, 3.05) is 5.09 Å². The highest BCUT2D eigenvalue weighted by Crippen LogP contribution is 2.45. The van der Waals surface area contributed by atoms with Crippen molar-refractivity contribution in [1.29, 1.82) is 0 Å². The first-order valence-electron chi connectivity index (χ1n) is 8.20. The van der Waals surface area contributed by atoms with Gasteiger partial charge in [-0.1, -0.05) is 18.2 Å². The average Bonchev–Trinajstić information content (AvgIpc) is 3.09. The van der Waals surface area contributed by atoms with Crippen LogP contribution in [-0.2, 0) is 17.4 Å². The molecule has 25 heavy (non-hydrogen) atoms. The maximum atomic E-state index is 14.1. The third-order valence-electron chi connectivity index (χ3n) is 4.22. The monoisotopic (exact) mass is 433 g/mol. The van der Waals surface area contributed by atoms with E-state index in [9.17, 15) is 4.57 Å². The first-order chi connectivity index (χ1) is 12.1. The van der Waals surface area contributed by atoms with Crippen LogP contribution in [0.15, 0.2) is 53.1 Å². The number of halogens is 1. The lowest BCUT2D eigenvalue weighted by atomic mass is 10.0. The third-order valence-corrected chi connectivity index (χ3v) is 8.91. The van der Waals surface area contributed by atoms with Gasteiger partial charge in [-0.3, -0.25) is 4.57 Å². The zero-order chi connectivity index (χ0) is 17.3. The van der Waals surface area contributed by atoms with E-state index < -0.39 is 7.29 Å². The minimum Gasteiger partial charge on any atom is -0.312 e. The molecule has 0 unspecified atom stereocenters. The molecule has 1 atom stereocenters. The predicted octanol–water partition coefficient (Wildman–Crippen LogP) is 4.52. The van der Waals surface area contributed by atoms with Crippen LogP contribution in [0.4, 0.5) is 5.82 Å². The summed E-state index contributed by atoms with van der Waals surface area (Å²) >= 11 is 4.97. The van der Waals surface area contributed by atoms with Crippen LogP contribution in [0, 0.1) is 0 Å². The van der Waals surface area contributed by atoms with Crippen LogP contribution in [-0.4, -0.2) is 9.97 Å². The molecule has 0 amide bonds. The number of anilines is 1. The Hall–Kier alpha value is -1.49. The Morgan fingerprint density at radius 3 is 2.60 bits per heavy atom. The van der Waals surface area contributed by atoms with E-state index >= 15 is 0 Å². The minimum atomic E-state index is -3.09. The van der Waals surface area contributed by atoms with Gasteiger partial charge in [0, 0.05) is 20.9 Å². The van der Waals surface area contributed by atoms with Crippen LogP contribution in [0.25, 0.3) is 0 Å². The van der Waals surface area contributed by atoms with Gasteiger partial charge >= 0.3 is 0 Å². The topological polar surface area (TPSA) is 54.9 Å². The smallest absolute Gasteiger partial charge is 0.255 e. The molecule has 0 aliphatic heterocycles. The highest BCUT2D eigenvalue weighted by molar-refractivity contribution is 9.10. The van der Waals surface area contributed by atoms with E-state index in [1.54, 1.807) is 17.5 Å². The van der Waals surface area contributed by atoms with E-state index in [2.05, 4.69) is 26.0 Å². The van der Waals surface area contributed by atoms with Gasteiger partial charge in [-0.2, -0.15) is 0 Å². The summed E-state index contributed by atoms with van der Waals surface area (Å²) in [6, 6.07) is 13.3. The summed E-state index contributed by atoms with van der Waals surface area (Å²) in [5.41, 5.74) is 1.12. The maximum Gasteiger partial charge on any atom is 0.255 e. The second-order valence-electron chi connectivity index (χ2n) is 5.99. The summed E-state index contributed by atoms with van der Waals surface area (Å²) in [5.74, 6) is 0.587. The SMILES string of the molecule is O=[P@](Nc1ccc(Br)cn1)(c1ccccc1)c1nc2c(s1)CCCC2. The summed E-state index contributed by atoms with van der Waals surface area (Å²) in [5, 5.41) is 3.95. The summed E-state index contributed by atoms with van der Waals surface area (Å²) in [6.07, 6.45) is 6.07. The normalized spacial score (nSPS) is 16.0. The predicted molar refractivity (Wildman–Crippen MR) is 108 cm³/mol. The molecule has 7 heteroatoms. The number of aryl methyl sites for hydroxylation is 2. The zero-order valence-corrected chi connectivity index (χ0v) is 16.8.